The second kappa shape index (κ2) is 8.32. The molecule has 0 fully saturated rings. The fraction of sp³-hybridized carbons (Fsp3) is 0.261. The highest BCUT2D eigenvalue weighted by molar-refractivity contribution is 6.30. The van der Waals surface area contributed by atoms with E-state index in [1.807, 2.05) is 35.9 Å². The third-order valence-electron chi connectivity index (χ3n) is 5.25. The summed E-state index contributed by atoms with van der Waals surface area (Å²) < 4.78 is 1.87. The highest BCUT2D eigenvalue weighted by Crippen LogP contribution is 2.28. The van der Waals surface area contributed by atoms with E-state index in [-0.39, 0.29) is 18.4 Å². The summed E-state index contributed by atoms with van der Waals surface area (Å²) in [5.74, 6) is -0.539. The van der Waals surface area contributed by atoms with E-state index >= 15 is 0 Å². The summed E-state index contributed by atoms with van der Waals surface area (Å²) in [4.78, 5) is 26.9. The second-order valence-electron chi connectivity index (χ2n) is 7.59. The van der Waals surface area contributed by atoms with E-state index < -0.39 is 0 Å². The molecule has 2 aromatic carbocycles. The molecule has 1 heterocycles. The molecule has 1 aromatic heterocycles. The Bertz CT molecular complexity index is 1100. The zero-order valence-corrected chi connectivity index (χ0v) is 17.7. The summed E-state index contributed by atoms with van der Waals surface area (Å²) in [7, 11) is 1.62. The lowest BCUT2D eigenvalue weighted by Gasteiger charge is -2.16. The maximum atomic E-state index is 13.1. The summed E-state index contributed by atoms with van der Waals surface area (Å²) in [5, 5.41) is 7.93. The van der Waals surface area contributed by atoms with Crippen LogP contribution in [0.1, 0.15) is 33.7 Å². The maximum Gasteiger partial charge on any atom is 0.274 e. The number of aryl methyl sites for hydroxylation is 1. The topological polar surface area (TPSA) is 67.2 Å². The summed E-state index contributed by atoms with van der Waals surface area (Å²) in [6.45, 7) is 1.97. The second-order valence-corrected chi connectivity index (χ2v) is 8.03. The average molecular weight is 423 g/mol. The van der Waals surface area contributed by atoms with Gasteiger partial charge in [-0.3, -0.25) is 9.59 Å². The normalized spacial score (nSPS) is 12.5. The lowest BCUT2D eigenvalue weighted by atomic mass is 10.2. The molecule has 0 bridgehead atoms. The van der Waals surface area contributed by atoms with Crippen molar-refractivity contribution in [1.82, 2.24) is 14.7 Å². The van der Waals surface area contributed by atoms with Crippen molar-refractivity contribution >= 4 is 29.1 Å². The minimum atomic E-state index is -0.289. The quantitative estimate of drug-likeness (QED) is 0.674. The molecule has 0 aliphatic heterocycles. The van der Waals surface area contributed by atoms with E-state index in [9.17, 15) is 9.59 Å². The number of fused-ring (bicyclic) bond motifs is 1. The Labute approximate surface area is 180 Å². The van der Waals surface area contributed by atoms with Gasteiger partial charge < -0.3 is 10.2 Å². The van der Waals surface area contributed by atoms with Crippen LogP contribution in [0.25, 0.3) is 5.69 Å². The Morgan fingerprint density at radius 1 is 1.17 bits per heavy atom. The van der Waals surface area contributed by atoms with Gasteiger partial charge in [0.05, 0.1) is 12.2 Å². The number of hydrogen-bond acceptors (Lipinski definition) is 3. The number of amides is 2. The molecule has 0 atom stereocenters. The number of carbonyl (C=O) groups is 2. The summed E-state index contributed by atoms with van der Waals surface area (Å²) >= 11 is 5.95. The largest absolute Gasteiger partial charge is 0.331 e. The average Bonchev–Trinajstić information content (AvgIpc) is 3.31. The number of hydrogen-bond donors (Lipinski definition) is 1. The molecule has 7 heteroatoms. The van der Waals surface area contributed by atoms with E-state index in [0.717, 1.165) is 36.2 Å². The van der Waals surface area contributed by atoms with Gasteiger partial charge in [0.2, 0.25) is 5.91 Å². The first-order valence-electron chi connectivity index (χ1n) is 9.91. The van der Waals surface area contributed by atoms with Crippen molar-refractivity contribution in [2.75, 3.05) is 18.9 Å². The van der Waals surface area contributed by atoms with Crippen LogP contribution in [0.5, 0.6) is 0 Å². The van der Waals surface area contributed by atoms with Crippen molar-refractivity contribution in [3.8, 4) is 5.69 Å². The van der Waals surface area contributed by atoms with E-state index in [2.05, 4.69) is 10.4 Å². The highest BCUT2D eigenvalue weighted by atomic mass is 35.5. The van der Waals surface area contributed by atoms with Crippen LogP contribution in [0, 0.1) is 6.92 Å². The van der Waals surface area contributed by atoms with Gasteiger partial charge in [0.1, 0.15) is 0 Å². The van der Waals surface area contributed by atoms with Gasteiger partial charge >= 0.3 is 0 Å². The molecule has 154 valence electrons. The molecule has 0 radical (unpaired) electrons. The number of rotatable bonds is 5. The molecule has 0 saturated carbocycles. The summed E-state index contributed by atoms with van der Waals surface area (Å²) in [6.07, 6.45) is 2.71. The first-order chi connectivity index (χ1) is 14.4. The Balaban J connectivity index is 1.52. The number of benzene rings is 2. The van der Waals surface area contributed by atoms with E-state index in [0.29, 0.717) is 16.4 Å². The molecule has 1 N–H and O–H groups in total. The van der Waals surface area contributed by atoms with Crippen LogP contribution in [0.15, 0.2) is 48.5 Å². The van der Waals surface area contributed by atoms with Crippen molar-refractivity contribution in [2.24, 2.45) is 0 Å². The van der Waals surface area contributed by atoms with Crippen molar-refractivity contribution in [3.05, 3.63) is 76.1 Å². The Hall–Kier alpha value is -3.12. The van der Waals surface area contributed by atoms with Gasteiger partial charge in [-0.05, 0) is 56.5 Å². The minimum Gasteiger partial charge on any atom is -0.331 e. The number of likely N-dealkylation sites (N-methyl/N-ethyl adjacent to an activating group) is 1. The van der Waals surface area contributed by atoms with Crippen LogP contribution in [-0.4, -0.2) is 40.1 Å². The first kappa shape index (κ1) is 20.2. The van der Waals surface area contributed by atoms with Gasteiger partial charge in [-0.2, -0.15) is 5.10 Å². The number of anilines is 1. The lowest BCUT2D eigenvalue weighted by Crippen LogP contribution is -2.35. The monoisotopic (exact) mass is 422 g/mol. The van der Waals surface area contributed by atoms with Gasteiger partial charge in [-0.25, -0.2) is 4.68 Å². The maximum absolute atomic E-state index is 13.1. The third kappa shape index (κ3) is 4.09. The number of halogens is 1. The fourth-order valence-corrected chi connectivity index (χ4v) is 3.93. The SMILES string of the molecule is Cc1ccc(-n2nc(C(=O)N(C)CC(=O)Nc3cccc(Cl)c3)c3c2CCC3)cc1. The van der Waals surface area contributed by atoms with E-state index in [1.54, 1.807) is 31.3 Å². The number of nitrogens with zero attached hydrogens (tertiary/aromatic N) is 3. The number of aromatic nitrogens is 2. The molecule has 30 heavy (non-hydrogen) atoms. The first-order valence-corrected chi connectivity index (χ1v) is 10.3. The van der Waals surface area contributed by atoms with Gasteiger partial charge in [-0.15, -0.1) is 0 Å². The van der Waals surface area contributed by atoms with Gasteiger partial charge in [0, 0.05) is 29.0 Å². The molecular weight excluding hydrogens is 400 g/mol. The highest BCUT2D eigenvalue weighted by Gasteiger charge is 2.29. The molecule has 4 rings (SSSR count). The van der Waals surface area contributed by atoms with Crippen LogP contribution in [-0.2, 0) is 17.6 Å². The minimum absolute atomic E-state index is 0.0719. The molecule has 6 nitrogen and oxygen atoms in total. The third-order valence-corrected chi connectivity index (χ3v) is 5.48. The zero-order valence-electron chi connectivity index (χ0n) is 17.0. The molecule has 1 aliphatic rings. The summed E-state index contributed by atoms with van der Waals surface area (Å²) in [6, 6.07) is 15.0. The molecular formula is C23H23ClN4O2. The fourth-order valence-electron chi connectivity index (χ4n) is 3.74. The van der Waals surface area contributed by atoms with Crippen molar-refractivity contribution < 1.29 is 9.59 Å². The van der Waals surface area contributed by atoms with Gasteiger partial charge in [0.25, 0.3) is 5.91 Å². The molecule has 0 spiro atoms. The van der Waals surface area contributed by atoms with E-state index in [4.69, 9.17) is 11.6 Å². The number of carbonyl (C=O) groups excluding carboxylic acids is 2. The number of nitrogens with one attached hydrogen (secondary N) is 1. The van der Waals surface area contributed by atoms with E-state index in [1.165, 1.54) is 10.5 Å². The predicted octanol–water partition coefficient (Wildman–Crippen LogP) is 4.03. The van der Waals surface area contributed by atoms with Crippen LogP contribution >= 0.6 is 11.6 Å². The molecule has 3 aromatic rings. The molecule has 2 amide bonds. The standard InChI is InChI=1S/C23H23ClN4O2/c1-15-9-11-18(12-10-15)28-20-8-4-7-19(20)22(26-28)23(30)27(2)14-21(29)25-17-6-3-5-16(24)13-17/h3,5-6,9-13H,4,7-8,14H2,1-2H3,(H,25,29). The summed E-state index contributed by atoms with van der Waals surface area (Å²) in [5.41, 5.74) is 5.21. The van der Waals surface area contributed by atoms with Crippen LogP contribution in [0.4, 0.5) is 5.69 Å². The van der Waals surface area contributed by atoms with Crippen molar-refractivity contribution in [3.63, 3.8) is 0 Å². The van der Waals surface area contributed by atoms with Gasteiger partial charge in [-0.1, -0.05) is 35.4 Å². The lowest BCUT2D eigenvalue weighted by molar-refractivity contribution is -0.116. The van der Waals surface area contributed by atoms with Crippen LogP contribution < -0.4 is 5.32 Å². The van der Waals surface area contributed by atoms with Crippen LogP contribution in [0.2, 0.25) is 5.02 Å². The Kier molecular flexibility index (Phi) is 5.59. The van der Waals surface area contributed by atoms with Crippen molar-refractivity contribution in [2.45, 2.75) is 26.2 Å². The van der Waals surface area contributed by atoms with Crippen LogP contribution in [0.3, 0.4) is 0 Å². The predicted molar refractivity (Wildman–Crippen MR) is 117 cm³/mol. The zero-order chi connectivity index (χ0) is 21.3. The Morgan fingerprint density at radius 3 is 2.67 bits per heavy atom. The smallest absolute Gasteiger partial charge is 0.274 e. The molecule has 0 saturated heterocycles. The van der Waals surface area contributed by atoms with Crippen molar-refractivity contribution in [1.29, 1.82) is 0 Å². The Morgan fingerprint density at radius 2 is 1.93 bits per heavy atom. The van der Waals surface area contributed by atoms with Gasteiger partial charge in [0.15, 0.2) is 5.69 Å². The molecule has 1 aliphatic carbocycles. The molecule has 0 unspecified atom stereocenters.